The monoisotopic (exact) mass is 258 g/mol. The summed E-state index contributed by atoms with van der Waals surface area (Å²) in [6, 6.07) is 10.4. The first-order valence-electron chi connectivity index (χ1n) is 6.55. The zero-order chi connectivity index (χ0) is 13.2. The number of methoxy groups -OCH3 is 1. The number of nitrogens with zero attached hydrogens (tertiary/aromatic N) is 3. The summed E-state index contributed by atoms with van der Waals surface area (Å²) < 4.78 is 7.81. The quantitative estimate of drug-likeness (QED) is 0.910. The zero-order valence-electron chi connectivity index (χ0n) is 11.2. The van der Waals surface area contributed by atoms with E-state index in [4.69, 9.17) is 4.74 Å². The standard InChI is InChI=1S/C14H18N4O/c1-10-13-16-17-14(18(13)9-8-15-10)12(19-2)11-6-4-3-5-7-11/h3-7,10,12,15H,8-9H2,1-2H3. The van der Waals surface area contributed by atoms with E-state index in [-0.39, 0.29) is 12.1 Å². The van der Waals surface area contributed by atoms with Crippen LogP contribution in [0.2, 0.25) is 0 Å². The van der Waals surface area contributed by atoms with Gasteiger partial charge in [0, 0.05) is 20.2 Å². The molecular weight excluding hydrogens is 240 g/mol. The molecule has 19 heavy (non-hydrogen) atoms. The molecule has 0 saturated heterocycles. The summed E-state index contributed by atoms with van der Waals surface area (Å²) in [7, 11) is 1.71. The molecule has 1 aliphatic heterocycles. The van der Waals surface area contributed by atoms with Crippen LogP contribution in [0.1, 0.15) is 36.3 Å². The molecule has 5 nitrogen and oxygen atoms in total. The molecule has 0 aliphatic carbocycles. The predicted octanol–water partition coefficient (Wildman–Crippen LogP) is 1.68. The minimum Gasteiger partial charge on any atom is -0.369 e. The molecule has 1 N–H and O–H groups in total. The highest BCUT2D eigenvalue weighted by atomic mass is 16.5. The van der Waals surface area contributed by atoms with Crippen LogP contribution in [-0.4, -0.2) is 28.4 Å². The van der Waals surface area contributed by atoms with Gasteiger partial charge in [0.1, 0.15) is 11.9 Å². The molecule has 100 valence electrons. The van der Waals surface area contributed by atoms with E-state index in [9.17, 15) is 0 Å². The number of ether oxygens (including phenoxy) is 1. The average molecular weight is 258 g/mol. The van der Waals surface area contributed by atoms with Crippen LogP contribution in [0.25, 0.3) is 0 Å². The highest BCUT2D eigenvalue weighted by Crippen LogP contribution is 2.26. The van der Waals surface area contributed by atoms with E-state index in [1.165, 1.54) is 0 Å². The van der Waals surface area contributed by atoms with Gasteiger partial charge < -0.3 is 14.6 Å². The SMILES string of the molecule is COC(c1ccccc1)c1nnc2n1CCNC2C. The second-order valence-corrected chi connectivity index (χ2v) is 4.77. The van der Waals surface area contributed by atoms with Crippen molar-refractivity contribution in [3.8, 4) is 0 Å². The first-order valence-corrected chi connectivity index (χ1v) is 6.55. The minimum atomic E-state index is -0.159. The number of nitrogens with one attached hydrogen (secondary N) is 1. The van der Waals surface area contributed by atoms with Gasteiger partial charge in [-0.1, -0.05) is 30.3 Å². The van der Waals surface area contributed by atoms with Gasteiger partial charge in [0.05, 0.1) is 6.04 Å². The van der Waals surface area contributed by atoms with Crippen molar-refractivity contribution in [2.24, 2.45) is 0 Å². The summed E-state index contributed by atoms with van der Waals surface area (Å²) in [6.07, 6.45) is -0.159. The maximum atomic E-state index is 5.64. The van der Waals surface area contributed by atoms with Gasteiger partial charge in [-0.15, -0.1) is 10.2 Å². The van der Waals surface area contributed by atoms with Gasteiger partial charge in [0.15, 0.2) is 5.82 Å². The molecule has 0 fully saturated rings. The number of hydrogen-bond donors (Lipinski definition) is 1. The van der Waals surface area contributed by atoms with Crippen molar-refractivity contribution in [1.82, 2.24) is 20.1 Å². The van der Waals surface area contributed by atoms with Crippen LogP contribution in [0.3, 0.4) is 0 Å². The Morgan fingerprint density at radius 3 is 2.84 bits per heavy atom. The molecule has 0 bridgehead atoms. The van der Waals surface area contributed by atoms with E-state index in [1.54, 1.807) is 7.11 Å². The minimum absolute atomic E-state index is 0.159. The number of aromatic nitrogens is 3. The Morgan fingerprint density at radius 1 is 1.32 bits per heavy atom. The van der Waals surface area contributed by atoms with Crippen molar-refractivity contribution < 1.29 is 4.74 Å². The van der Waals surface area contributed by atoms with Crippen molar-refractivity contribution >= 4 is 0 Å². The molecule has 2 heterocycles. The Labute approximate surface area is 112 Å². The van der Waals surface area contributed by atoms with Crippen LogP contribution in [-0.2, 0) is 11.3 Å². The third-order valence-electron chi connectivity index (χ3n) is 3.55. The first kappa shape index (κ1) is 12.3. The van der Waals surface area contributed by atoms with Crippen molar-refractivity contribution in [2.75, 3.05) is 13.7 Å². The molecule has 2 atom stereocenters. The fraction of sp³-hybridized carbons (Fsp3) is 0.429. The van der Waals surface area contributed by atoms with Gasteiger partial charge in [-0.05, 0) is 12.5 Å². The number of benzene rings is 1. The smallest absolute Gasteiger partial charge is 0.166 e. The van der Waals surface area contributed by atoms with E-state index < -0.39 is 0 Å². The van der Waals surface area contributed by atoms with Crippen LogP contribution < -0.4 is 5.32 Å². The Kier molecular flexibility index (Phi) is 3.31. The van der Waals surface area contributed by atoms with Crippen LogP contribution in [0.15, 0.2) is 30.3 Å². The van der Waals surface area contributed by atoms with Crippen LogP contribution in [0.4, 0.5) is 0 Å². The number of fused-ring (bicyclic) bond motifs is 1. The van der Waals surface area contributed by atoms with Crippen molar-refractivity contribution in [3.05, 3.63) is 47.5 Å². The lowest BCUT2D eigenvalue weighted by Gasteiger charge is -2.24. The maximum absolute atomic E-state index is 5.64. The van der Waals surface area contributed by atoms with Crippen molar-refractivity contribution in [2.45, 2.75) is 25.6 Å². The average Bonchev–Trinajstić information content (AvgIpc) is 2.87. The zero-order valence-corrected chi connectivity index (χ0v) is 11.2. The molecule has 1 aromatic heterocycles. The lowest BCUT2D eigenvalue weighted by atomic mass is 10.1. The van der Waals surface area contributed by atoms with E-state index in [1.807, 2.05) is 18.2 Å². The summed E-state index contributed by atoms with van der Waals surface area (Å²) >= 11 is 0. The Hall–Kier alpha value is -1.72. The molecule has 0 radical (unpaired) electrons. The summed E-state index contributed by atoms with van der Waals surface area (Å²) in [5.74, 6) is 1.87. The van der Waals surface area contributed by atoms with Gasteiger partial charge in [-0.2, -0.15) is 0 Å². The first-order chi connectivity index (χ1) is 9.31. The number of hydrogen-bond acceptors (Lipinski definition) is 4. The predicted molar refractivity (Wildman–Crippen MR) is 71.7 cm³/mol. The molecule has 1 aromatic carbocycles. The normalized spacial score (nSPS) is 20.0. The van der Waals surface area contributed by atoms with E-state index >= 15 is 0 Å². The van der Waals surface area contributed by atoms with Gasteiger partial charge in [0.25, 0.3) is 0 Å². The molecule has 0 spiro atoms. The number of rotatable bonds is 3. The lowest BCUT2D eigenvalue weighted by molar-refractivity contribution is 0.124. The van der Waals surface area contributed by atoms with Gasteiger partial charge in [-0.3, -0.25) is 0 Å². The highest BCUT2D eigenvalue weighted by molar-refractivity contribution is 5.24. The molecule has 2 aromatic rings. The summed E-state index contributed by atoms with van der Waals surface area (Å²) in [4.78, 5) is 0. The lowest BCUT2D eigenvalue weighted by Crippen LogP contribution is -2.33. The van der Waals surface area contributed by atoms with E-state index in [0.717, 1.165) is 30.3 Å². The second kappa shape index (κ2) is 5.11. The molecular formula is C14H18N4O. The summed E-state index contributed by atoms with van der Waals surface area (Å²) in [5, 5.41) is 12.0. The Balaban J connectivity index is 2.01. The highest BCUT2D eigenvalue weighted by Gasteiger charge is 2.26. The van der Waals surface area contributed by atoms with Gasteiger partial charge in [0.2, 0.25) is 0 Å². The third kappa shape index (κ3) is 2.15. The fourth-order valence-corrected chi connectivity index (χ4v) is 2.57. The third-order valence-corrected chi connectivity index (χ3v) is 3.55. The summed E-state index contributed by atoms with van der Waals surface area (Å²) in [6.45, 7) is 3.92. The molecule has 5 heteroatoms. The van der Waals surface area contributed by atoms with Crippen LogP contribution >= 0.6 is 0 Å². The Bertz CT molecular complexity index is 552. The van der Waals surface area contributed by atoms with Gasteiger partial charge >= 0.3 is 0 Å². The largest absolute Gasteiger partial charge is 0.369 e. The maximum Gasteiger partial charge on any atom is 0.166 e. The molecule has 0 amide bonds. The molecule has 2 unspecified atom stereocenters. The summed E-state index contributed by atoms with van der Waals surface area (Å²) in [5.41, 5.74) is 1.10. The van der Waals surface area contributed by atoms with Crippen molar-refractivity contribution in [3.63, 3.8) is 0 Å². The van der Waals surface area contributed by atoms with Crippen molar-refractivity contribution in [1.29, 1.82) is 0 Å². The molecule has 1 aliphatic rings. The van der Waals surface area contributed by atoms with E-state index in [0.29, 0.717) is 0 Å². The second-order valence-electron chi connectivity index (χ2n) is 4.77. The molecule has 3 rings (SSSR count). The molecule has 0 saturated carbocycles. The van der Waals surface area contributed by atoms with Crippen LogP contribution in [0, 0.1) is 0 Å². The van der Waals surface area contributed by atoms with Crippen LogP contribution in [0.5, 0.6) is 0 Å². The Morgan fingerprint density at radius 2 is 2.11 bits per heavy atom. The topological polar surface area (TPSA) is 52.0 Å². The van der Waals surface area contributed by atoms with Gasteiger partial charge in [-0.25, -0.2) is 0 Å². The van der Waals surface area contributed by atoms with E-state index in [2.05, 4.69) is 39.1 Å². The fourth-order valence-electron chi connectivity index (χ4n) is 2.57.